The molecule has 0 aromatic heterocycles. The van der Waals surface area contributed by atoms with Gasteiger partial charge in [-0.05, 0) is 26.0 Å². The van der Waals surface area contributed by atoms with E-state index in [0.29, 0.717) is 29.4 Å². The molecular formula is C17H25NO5. The first-order valence-corrected chi connectivity index (χ1v) is 7.70. The maximum Gasteiger partial charge on any atom is 0.204 e. The number of ether oxygens (including phenoxy) is 4. The molecule has 0 radical (unpaired) electrons. The summed E-state index contributed by atoms with van der Waals surface area (Å²) in [7, 11) is 4.60. The van der Waals surface area contributed by atoms with Crippen LogP contribution in [0, 0.1) is 0 Å². The smallest absolute Gasteiger partial charge is 0.204 e. The van der Waals surface area contributed by atoms with Crippen molar-refractivity contribution in [1.29, 1.82) is 0 Å². The van der Waals surface area contributed by atoms with Crippen LogP contribution in [0.15, 0.2) is 12.1 Å². The first-order chi connectivity index (χ1) is 11.0. The summed E-state index contributed by atoms with van der Waals surface area (Å²) in [6.07, 6.45) is 0.248. The Labute approximate surface area is 137 Å². The molecule has 1 aromatic rings. The highest BCUT2D eigenvalue weighted by atomic mass is 16.5. The summed E-state index contributed by atoms with van der Waals surface area (Å²) < 4.78 is 21.7. The molecule has 0 saturated carbocycles. The number of benzene rings is 1. The second-order valence-corrected chi connectivity index (χ2v) is 5.76. The molecule has 23 heavy (non-hydrogen) atoms. The highest BCUT2D eigenvalue weighted by Crippen LogP contribution is 2.39. The van der Waals surface area contributed by atoms with Crippen LogP contribution in [0.25, 0.3) is 0 Å². The second kappa shape index (κ2) is 7.66. The van der Waals surface area contributed by atoms with Crippen molar-refractivity contribution in [3.8, 4) is 17.2 Å². The summed E-state index contributed by atoms with van der Waals surface area (Å²) in [5, 5.41) is 0. The fraction of sp³-hybridized carbons (Fsp3) is 0.588. The van der Waals surface area contributed by atoms with Gasteiger partial charge in [0.15, 0.2) is 17.3 Å². The molecule has 0 amide bonds. The van der Waals surface area contributed by atoms with Gasteiger partial charge >= 0.3 is 0 Å². The van der Waals surface area contributed by atoms with Crippen LogP contribution < -0.4 is 14.2 Å². The van der Waals surface area contributed by atoms with Crippen molar-refractivity contribution in [2.45, 2.75) is 26.1 Å². The van der Waals surface area contributed by atoms with Crippen LogP contribution in [0.4, 0.5) is 0 Å². The third kappa shape index (κ3) is 3.95. The van der Waals surface area contributed by atoms with Gasteiger partial charge in [-0.15, -0.1) is 0 Å². The molecule has 1 aliphatic heterocycles. The number of carbonyl (C=O) groups is 1. The Balaban J connectivity index is 2.22. The zero-order chi connectivity index (χ0) is 17.0. The van der Waals surface area contributed by atoms with Gasteiger partial charge in [0.2, 0.25) is 5.75 Å². The van der Waals surface area contributed by atoms with Crippen LogP contribution in [0.5, 0.6) is 17.2 Å². The lowest BCUT2D eigenvalue weighted by Gasteiger charge is -2.34. The Morgan fingerprint density at radius 3 is 2.22 bits per heavy atom. The first-order valence-electron chi connectivity index (χ1n) is 7.70. The second-order valence-electron chi connectivity index (χ2n) is 5.76. The molecular weight excluding hydrogens is 298 g/mol. The van der Waals surface area contributed by atoms with Crippen LogP contribution >= 0.6 is 0 Å². The van der Waals surface area contributed by atoms with E-state index in [1.807, 2.05) is 13.8 Å². The quantitative estimate of drug-likeness (QED) is 0.747. The van der Waals surface area contributed by atoms with Crippen molar-refractivity contribution < 1.29 is 23.7 Å². The third-order valence-electron chi connectivity index (χ3n) is 3.87. The number of carbonyl (C=O) groups excluding carboxylic acids is 1. The summed E-state index contributed by atoms with van der Waals surface area (Å²) in [5.74, 6) is 1.37. The van der Waals surface area contributed by atoms with E-state index in [1.54, 1.807) is 19.2 Å². The fourth-order valence-corrected chi connectivity index (χ4v) is 3.02. The average molecular weight is 323 g/mol. The Bertz CT molecular complexity index is 550. The molecule has 0 aliphatic carbocycles. The highest BCUT2D eigenvalue weighted by molar-refractivity contribution is 6.01. The molecule has 1 fully saturated rings. The molecule has 2 unspecified atom stereocenters. The lowest BCUT2D eigenvalue weighted by atomic mass is 10.1. The fourth-order valence-electron chi connectivity index (χ4n) is 3.02. The van der Waals surface area contributed by atoms with Crippen LogP contribution in [0.3, 0.4) is 0 Å². The van der Waals surface area contributed by atoms with Crippen molar-refractivity contribution >= 4 is 5.78 Å². The van der Waals surface area contributed by atoms with E-state index in [0.717, 1.165) is 13.1 Å². The number of hydrogen-bond donors (Lipinski definition) is 0. The minimum absolute atomic E-state index is 0.0101. The third-order valence-corrected chi connectivity index (χ3v) is 3.87. The van der Waals surface area contributed by atoms with E-state index < -0.39 is 0 Å². The summed E-state index contributed by atoms with van der Waals surface area (Å²) in [4.78, 5) is 14.8. The van der Waals surface area contributed by atoms with Gasteiger partial charge in [0.25, 0.3) is 0 Å². The first kappa shape index (κ1) is 17.6. The minimum atomic E-state index is -0.0101. The highest BCUT2D eigenvalue weighted by Gasteiger charge is 2.26. The molecule has 1 aliphatic rings. The van der Waals surface area contributed by atoms with E-state index in [2.05, 4.69) is 4.90 Å². The summed E-state index contributed by atoms with van der Waals surface area (Å²) in [6.45, 7) is 5.84. The van der Waals surface area contributed by atoms with Gasteiger partial charge in [0.1, 0.15) is 0 Å². The monoisotopic (exact) mass is 323 g/mol. The Morgan fingerprint density at radius 2 is 1.70 bits per heavy atom. The Kier molecular flexibility index (Phi) is 5.85. The summed E-state index contributed by atoms with van der Waals surface area (Å²) in [6, 6.07) is 3.44. The maximum absolute atomic E-state index is 12.7. The Morgan fingerprint density at radius 1 is 1.09 bits per heavy atom. The SMILES string of the molecule is COc1ccc(C(=O)CN2CC(C)OC(C)C2)c(OC)c1OC. The van der Waals surface area contributed by atoms with E-state index in [-0.39, 0.29) is 18.0 Å². The van der Waals surface area contributed by atoms with Gasteiger partial charge in [-0.25, -0.2) is 0 Å². The van der Waals surface area contributed by atoms with Crippen molar-refractivity contribution in [2.75, 3.05) is 41.0 Å². The van der Waals surface area contributed by atoms with E-state index in [1.165, 1.54) is 14.2 Å². The average Bonchev–Trinajstić information content (AvgIpc) is 2.51. The number of ketones is 1. The van der Waals surface area contributed by atoms with Crippen LogP contribution in [0.2, 0.25) is 0 Å². The van der Waals surface area contributed by atoms with Gasteiger partial charge in [0.05, 0.1) is 45.6 Å². The molecule has 2 atom stereocenters. The predicted octanol–water partition coefficient (Wildman–Crippen LogP) is 2.00. The molecule has 128 valence electrons. The summed E-state index contributed by atoms with van der Waals surface area (Å²) in [5.41, 5.74) is 0.497. The van der Waals surface area contributed by atoms with Crippen LogP contribution in [-0.4, -0.2) is 63.9 Å². The van der Waals surface area contributed by atoms with Crippen molar-refractivity contribution in [1.82, 2.24) is 4.90 Å². The normalized spacial score (nSPS) is 21.8. The number of morpholine rings is 1. The molecule has 0 spiro atoms. The lowest BCUT2D eigenvalue weighted by Crippen LogP contribution is -2.47. The molecule has 1 heterocycles. The number of rotatable bonds is 6. The lowest BCUT2D eigenvalue weighted by molar-refractivity contribution is -0.0652. The van der Waals surface area contributed by atoms with Crippen molar-refractivity contribution in [3.05, 3.63) is 17.7 Å². The number of hydrogen-bond acceptors (Lipinski definition) is 6. The minimum Gasteiger partial charge on any atom is -0.493 e. The van der Waals surface area contributed by atoms with Gasteiger partial charge < -0.3 is 18.9 Å². The largest absolute Gasteiger partial charge is 0.493 e. The predicted molar refractivity (Wildman–Crippen MR) is 86.9 cm³/mol. The Hall–Kier alpha value is -1.79. The molecule has 0 bridgehead atoms. The van der Waals surface area contributed by atoms with Crippen molar-refractivity contribution in [3.63, 3.8) is 0 Å². The zero-order valence-corrected chi connectivity index (χ0v) is 14.4. The molecule has 2 rings (SSSR count). The van der Waals surface area contributed by atoms with Crippen LogP contribution in [0.1, 0.15) is 24.2 Å². The van der Waals surface area contributed by atoms with Crippen LogP contribution in [-0.2, 0) is 4.74 Å². The number of Topliss-reactive ketones (excluding diaryl/α,β-unsaturated/α-hetero) is 1. The summed E-state index contributed by atoms with van der Waals surface area (Å²) >= 11 is 0. The van der Waals surface area contributed by atoms with Gasteiger partial charge in [0, 0.05) is 13.1 Å². The molecule has 6 nitrogen and oxygen atoms in total. The molecule has 6 heteroatoms. The zero-order valence-electron chi connectivity index (χ0n) is 14.4. The van der Waals surface area contributed by atoms with E-state index in [9.17, 15) is 4.79 Å². The van der Waals surface area contributed by atoms with Gasteiger partial charge in [-0.2, -0.15) is 0 Å². The molecule has 1 aromatic carbocycles. The van der Waals surface area contributed by atoms with Gasteiger partial charge in [-0.3, -0.25) is 9.69 Å². The topological polar surface area (TPSA) is 57.2 Å². The van der Waals surface area contributed by atoms with E-state index in [4.69, 9.17) is 18.9 Å². The van der Waals surface area contributed by atoms with E-state index >= 15 is 0 Å². The maximum atomic E-state index is 12.7. The molecule has 0 N–H and O–H groups in total. The molecule has 1 saturated heterocycles. The standard InChI is InChI=1S/C17H25NO5/c1-11-8-18(9-12(2)23-11)10-14(19)13-6-7-15(20-3)17(22-5)16(13)21-4/h6-7,11-12H,8-10H2,1-5H3. The van der Waals surface area contributed by atoms with Gasteiger partial charge in [-0.1, -0.05) is 0 Å². The number of nitrogens with zero attached hydrogens (tertiary/aromatic N) is 1. The number of methoxy groups -OCH3 is 3. The van der Waals surface area contributed by atoms with Crippen molar-refractivity contribution in [2.24, 2.45) is 0 Å².